The largest absolute Gasteiger partial charge is 0.444 e. The van der Waals surface area contributed by atoms with Gasteiger partial charge in [-0.2, -0.15) is 5.10 Å². The molecule has 11 heteroatoms. The van der Waals surface area contributed by atoms with Crippen molar-refractivity contribution in [1.82, 2.24) is 24.6 Å². The molecule has 2 amide bonds. The minimum absolute atomic E-state index is 0.0778. The Morgan fingerprint density at radius 1 is 1.38 bits per heavy atom. The number of piperidine rings is 1. The van der Waals surface area contributed by atoms with Crippen molar-refractivity contribution < 1.29 is 14.3 Å². The Morgan fingerprint density at radius 3 is 2.69 bits per heavy atom. The summed E-state index contributed by atoms with van der Waals surface area (Å²) in [6, 6.07) is 0. The molecule has 1 saturated heterocycles. The molecule has 2 aromatic heterocycles. The van der Waals surface area contributed by atoms with Crippen molar-refractivity contribution in [2.45, 2.75) is 59.1 Å². The number of anilines is 1. The van der Waals surface area contributed by atoms with E-state index in [2.05, 4.69) is 27.1 Å². The molecule has 0 aromatic carbocycles. The minimum Gasteiger partial charge on any atom is -0.444 e. The van der Waals surface area contributed by atoms with E-state index in [4.69, 9.17) is 17.0 Å². The Hall–Kier alpha value is -2.53. The molecule has 0 radical (unpaired) electrons. The number of ether oxygens (including phenoxy) is 1. The fraction of sp³-hybridized carbons (Fsp3) is 0.571. The molecule has 1 fully saturated rings. The molecular weight excluding hydrogens is 448 g/mol. The predicted octanol–water partition coefficient (Wildman–Crippen LogP) is 4.53. The molecule has 174 valence electrons. The van der Waals surface area contributed by atoms with E-state index in [1.165, 1.54) is 11.3 Å². The number of aromatic amines is 1. The summed E-state index contributed by atoms with van der Waals surface area (Å²) in [5, 5.41) is 10.6. The van der Waals surface area contributed by atoms with E-state index in [-0.39, 0.29) is 17.9 Å². The summed E-state index contributed by atoms with van der Waals surface area (Å²) < 4.78 is 7.78. The number of hydrogen-bond donors (Lipinski definition) is 2. The standard InChI is InChI=1S/C21H30N6O3S2/c1-6-9-27-17(24-25-19(27)31)16-13(2)22-18(32-16)23-15(28)12-14-7-10-26(11-8-14)20(29)30-21(3,4)5/h6,14H,1,7-12H2,2-5H3,(H,25,31)(H,22,23,28). The number of nitrogens with one attached hydrogen (secondary N) is 2. The Bertz CT molecular complexity index is 1040. The monoisotopic (exact) mass is 478 g/mol. The molecule has 3 rings (SSSR count). The van der Waals surface area contributed by atoms with Crippen LogP contribution >= 0.6 is 23.6 Å². The highest BCUT2D eigenvalue weighted by molar-refractivity contribution is 7.71. The Labute approximate surface area is 196 Å². The molecule has 1 aliphatic heterocycles. The number of likely N-dealkylation sites (tertiary alicyclic amines) is 1. The average Bonchev–Trinajstić information content (AvgIpc) is 3.23. The molecule has 0 saturated carbocycles. The fourth-order valence-electron chi connectivity index (χ4n) is 3.53. The van der Waals surface area contributed by atoms with Crippen LogP contribution in [0.5, 0.6) is 0 Å². The second-order valence-corrected chi connectivity index (χ2v) is 10.2. The van der Waals surface area contributed by atoms with Gasteiger partial charge in [-0.1, -0.05) is 17.4 Å². The van der Waals surface area contributed by atoms with Crippen LogP contribution in [0, 0.1) is 17.6 Å². The zero-order valence-corrected chi connectivity index (χ0v) is 20.6. The van der Waals surface area contributed by atoms with Crippen LogP contribution in [-0.4, -0.2) is 55.3 Å². The molecule has 0 atom stereocenters. The number of thiazole rings is 1. The van der Waals surface area contributed by atoms with Crippen LogP contribution in [-0.2, 0) is 16.1 Å². The molecule has 0 spiro atoms. The number of aryl methyl sites for hydroxylation is 1. The van der Waals surface area contributed by atoms with Gasteiger partial charge in [-0.15, -0.1) is 6.58 Å². The van der Waals surface area contributed by atoms with Crippen molar-refractivity contribution >= 4 is 40.7 Å². The first-order valence-corrected chi connectivity index (χ1v) is 11.8. The van der Waals surface area contributed by atoms with Crippen molar-refractivity contribution in [1.29, 1.82) is 0 Å². The lowest BCUT2D eigenvalue weighted by atomic mass is 9.93. The lowest BCUT2D eigenvalue weighted by molar-refractivity contribution is -0.117. The van der Waals surface area contributed by atoms with Gasteiger partial charge < -0.3 is 15.0 Å². The predicted molar refractivity (Wildman–Crippen MR) is 127 cm³/mol. The summed E-state index contributed by atoms with van der Waals surface area (Å²) in [6.07, 6.45) is 3.39. The van der Waals surface area contributed by atoms with Crippen molar-refractivity contribution in [2.24, 2.45) is 5.92 Å². The number of rotatable bonds is 6. The van der Waals surface area contributed by atoms with Crippen molar-refractivity contribution in [3.05, 3.63) is 23.1 Å². The van der Waals surface area contributed by atoms with E-state index in [1.807, 2.05) is 32.3 Å². The van der Waals surface area contributed by atoms with E-state index in [0.717, 1.165) is 23.4 Å². The molecule has 0 aliphatic carbocycles. The van der Waals surface area contributed by atoms with Gasteiger partial charge in [-0.25, -0.2) is 9.78 Å². The lowest BCUT2D eigenvalue weighted by Gasteiger charge is -2.33. The maximum absolute atomic E-state index is 12.6. The van der Waals surface area contributed by atoms with Gasteiger partial charge in [0.2, 0.25) is 5.91 Å². The van der Waals surface area contributed by atoms with E-state index < -0.39 is 5.60 Å². The topological polar surface area (TPSA) is 105 Å². The molecule has 3 heterocycles. The second kappa shape index (κ2) is 9.95. The maximum Gasteiger partial charge on any atom is 0.410 e. The van der Waals surface area contributed by atoms with Crippen LogP contribution in [0.15, 0.2) is 12.7 Å². The molecule has 0 bridgehead atoms. The van der Waals surface area contributed by atoms with Crippen LogP contribution in [0.4, 0.5) is 9.93 Å². The number of allylic oxidation sites excluding steroid dienone is 1. The summed E-state index contributed by atoms with van der Waals surface area (Å²) in [5.74, 6) is 0.823. The number of H-pyrrole nitrogens is 1. The molecule has 2 aromatic rings. The number of hydrogen-bond acceptors (Lipinski definition) is 7. The molecule has 1 aliphatic rings. The van der Waals surface area contributed by atoms with E-state index in [1.54, 1.807) is 11.0 Å². The third-order valence-corrected chi connectivity index (χ3v) is 6.44. The number of carbonyl (C=O) groups excluding carboxylic acids is 2. The SMILES string of the molecule is C=CCn1c(-c2sc(NC(=O)CC3CCN(C(=O)OC(C)(C)C)CC3)nc2C)n[nH]c1=S. The van der Waals surface area contributed by atoms with Crippen molar-refractivity contribution in [2.75, 3.05) is 18.4 Å². The first kappa shape index (κ1) is 24.1. The van der Waals surface area contributed by atoms with Crippen LogP contribution in [0.25, 0.3) is 10.7 Å². The van der Waals surface area contributed by atoms with E-state index in [9.17, 15) is 9.59 Å². The number of nitrogens with zero attached hydrogens (tertiary/aromatic N) is 4. The zero-order valence-electron chi connectivity index (χ0n) is 18.9. The quantitative estimate of drug-likeness (QED) is 0.467. The Morgan fingerprint density at radius 2 is 2.06 bits per heavy atom. The Balaban J connectivity index is 1.56. The third kappa shape index (κ3) is 6.04. The highest BCUT2D eigenvalue weighted by Crippen LogP contribution is 2.32. The highest BCUT2D eigenvalue weighted by atomic mass is 32.1. The van der Waals surface area contributed by atoms with Gasteiger partial charge >= 0.3 is 6.09 Å². The van der Waals surface area contributed by atoms with Crippen molar-refractivity contribution in [3.63, 3.8) is 0 Å². The van der Waals surface area contributed by atoms with Crippen LogP contribution in [0.1, 0.15) is 45.7 Å². The maximum atomic E-state index is 12.6. The second-order valence-electron chi connectivity index (χ2n) is 8.85. The first-order valence-electron chi connectivity index (χ1n) is 10.6. The summed E-state index contributed by atoms with van der Waals surface area (Å²) in [5.41, 5.74) is 0.266. The molecule has 0 unspecified atom stereocenters. The summed E-state index contributed by atoms with van der Waals surface area (Å²) in [6.45, 7) is 12.9. The van der Waals surface area contributed by atoms with Gasteiger partial charge in [-0.3, -0.25) is 14.5 Å². The lowest BCUT2D eigenvalue weighted by Crippen LogP contribution is -2.42. The normalized spacial score (nSPS) is 14.9. The van der Waals surface area contributed by atoms with Gasteiger partial charge in [0.15, 0.2) is 15.7 Å². The summed E-state index contributed by atoms with van der Waals surface area (Å²) >= 11 is 6.65. The fourth-order valence-corrected chi connectivity index (χ4v) is 4.71. The van der Waals surface area contributed by atoms with Crippen LogP contribution in [0.2, 0.25) is 0 Å². The van der Waals surface area contributed by atoms with Gasteiger partial charge in [0.1, 0.15) is 5.60 Å². The van der Waals surface area contributed by atoms with Crippen LogP contribution < -0.4 is 5.32 Å². The van der Waals surface area contributed by atoms with Gasteiger partial charge in [0.05, 0.1) is 10.6 Å². The van der Waals surface area contributed by atoms with Crippen LogP contribution in [0.3, 0.4) is 0 Å². The highest BCUT2D eigenvalue weighted by Gasteiger charge is 2.28. The van der Waals surface area contributed by atoms with Gasteiger partial charge in [-0.05, 0) is 58.7 Å². The van der Waals surface area contributed by atoms with E-state index in [0.29, 0.717) is 41.8 Å². The number of amides is 2. The summed E-state index contributed by atoms with van der Waals surface area (Å²) in [7, 11) is 0. The third-order valence-electron chi connectivity index (χ3n) is 5.06. The van der Waals surface area contributed by atoms with E-state index >= 15 is 0 Å². The summed E-state index contributed by atoms with van der Waals surface area (Å²) in [4.78, 5) is 31.9. The van der Waals surface area contributed by atoms with Gasteiger partial charge in [0, 0.05) is 26.1 Å². The molecule has 32 heavy (non-hydrogen) atoms. The number of carbonyl (C=O) groups is 2. The average molecular weight is 479 g/mol. The minimum atomic E-state index is -0.508. The molecule has 9 nitrogen and oxygen atoms in total. The molecular formula is C21H30N6O3S2. The number of aromatic nitrogens is 4. The Kier molecular flexibility index (Phi) is 7.50. The first-order chi connectivity index (χ1) is 15.1. The molecule has 2 N–H and O–H groups in total. The zero-order chi connectivity index (χ0) is 23.5. The smallest absolute Gasteiger partial charge is 0.410 e. The van der Waals surface area contributed by atoms with Gasteiger partial charge in [0.25, 0.3) is 0 Å². The van der Waals surface area contributed by atoms with Crippen molar-refractivity contribution in [3.8, 4) is 10.7 Å².